The van der Waals surface area contributed by atoms with Crippen molar-refractivity contribution in [2.24, 2.45) is 0 Å². The van der Waals surface area contributed by atoms with Gasteiger partial charge in [-0.1, -0.05) is 54.6 Å². The van der Waals surface area contributed by atoms with Gasteiger partial charge in [-0.2, -0.15) is 0 Å². The lowest BCUT2D eigenvalue weighted by Crippen LogP contribution is -2.03. The predicted octanol–water partition coefficient (Wildman–Crippen LogP) is 5.10. The van der Waals surface area contributed by atoms with Gasteiger partial charge < -0.3 is 4.74 Å². The first-order valence-electron chi connectivity index (χ1n) is 8.79. The topological polar surface area (TPSA) is 26.3 Å². The summed E-state index contributed by atoms with van der Waals surface area (Å²) in [6.45, 7) is 0. The van der Waals surface area contributed by atoms with Crippen molar-refractivity contribution >= 4 is 17.8 Å². The third kappa shape index (κ3) is 3.48. The highest BCUT2D eigenvalue weighted by Crippen LogP contribution is 2.30. The minimum absolute atomic E-state index is 0.287. The zero-order valence-electron chi connectivity index (χ0n) is 14.1. The third-order valence-corrected chi connectivity index (χ3v) is 4.72. The van der Waals surface area contributed by atoms with E-state index in [9.17, 15) is 4.79 Å². The standard InChI is InChI=1S/C23H20O2/c24-23-21(12-6-9-17-7-2-1-3-8-17)16-22(25-23)20-14-13-18-10-4-5-11-19(18)15-20/h1-3,6-9,12-16H,4-5,10-11H2/b9-6?,21-12-. The molecule has 0 spiro atoms. The lowest BCUT2D eigenvalue weighted by atomic mass is 9.90. The molecule has 4 rings (SSSR count). The second kappa shape index (κ2) is 6.94. The fourth-order valence-corrected chi connectivity index (χ4v) is 3.36. The minimum atomic E-state index is -0.287. The van der Waals surface area contributed by atoms with Crippen LogP contribution in [0.4, 0.5) is 0 Å². The highest BCUT2D eigenvalue weighted by atomic mass is 16.5. The summed E-state index contributed by atoms with van der Waals surface area (Å²) in [5, 5.41) is 0. The van der Waals surface area contributed by atoms with E-state index in [4.69, 9.17) is 4.74 Å². The van der Waals surface area contributed by atoms with Crippen molar-refractivity contribution in [3.8, 4) is 0 Å². The van der Waals surface area contributed by atoms with Crippen LogP contribution in [-0.2, 0) is 22.4 Å². The number of carbonyl (C=O) groups excluding carboxylic acids is 1. The van der Waals surface area contributed by atoms with E-state index in [0.29, 0.717) is 11.3 Å². The molecule has 0 unspecified atom stereocenters. The lowest BCUT2D eigenvalue weighted by molar-refractivity contribution is -0.130. The lowest BCUT2D eigenvalue weighted by Gasteiger charge is -2.16. The molecule has 25 heavy (non-hydrogen) atoms. The Labute approximate surface area is 148 Å². The molecule has 2 aliphatic rings. The van der Waals surface area contributed by atoms with Gasteiger partial charge in [0, 0.05) is 5.56 Å². The molecule has 0 saturated carbocycles. The average molecular weight is 328 g/mol. The Morgan fingerprint density at radius 1 is 0.920 bits per heavy atom. The van der Waals surface area contributed by atoms with Gasteiger partial charge in [-0.3, -0.25) is 0 Å². The zero-order chi connectivity index (χ0) is 17.1. The molecular formula is C23H20O2. The summed E-state index contributed by atoms with van der Waals surface area (Å²) in [5.41, 5.74) is 5.50. The SMILES string of the molecule is O=C1OC(c2ccc3c(c2)CCCC3)=C/C1=C/C=Cc1ccccc1. The number of cyclic esters (lactones) is 1. The van der Waals surface area contributed by atoms with Gasteiger partial charge in [-0.05, 0) is 60.6 Å². The molecule has 2 aromatic carbocycles. The Morgan fingerprint density at radius 3 is 2.56 bits per heavy atom. The molecule has 1 aliphatic heterocycles. The number of carbonyl (C=O) groups is 1. The van der Waals surface area contributed by atoms with Gasteiger partial charge in [0.25, 0.3) is 0 Å². The van der Waals surface area contributed by atoms with E-state index >= 15 is 0 Å². The third-order valence-electron chi connectivity index (χ3n) is 4.72. The smallest absolute Gasteiger partial charge is 0.343 e. The second-order valence-corrected chi connectivity index (χ2v) is 6.48. The highest BCUT2D eigenvalue weighted by molar-refractivity contribution is 6.01. The zero-order valence-corrected chi connectivity index (χ0v) is 14.1. The average Bonchev–Trinajstić information content (AvgIpc) is 3.03. The van der Waals surface area contributed by atoms with Gasteiger partial charge in [-0.15, -0.1) is 0 Å². The van der Waals surface area contributed by atoms with E-state index < -0.39 is 0 Å². The van der Waals surface area contributed by atoms with Crippen LogP contribution in [-0.4, -0.2) is 5.97 Å². The first kappa shape index (κ1) is 15.6. The number of esters is 1. The summed E-state index contributed by atoms with van der Waals surface area (Å²) in [6.07, 6.45) is 12.3. The van der Waals surface area contributed by atoms with Gasteiger partial charge in [0.05, 0.1) is 5.57 Å². The number of allylic oxidation sites excluding steroid dienone is 2. The molecule has 2 nitrogen and oxygen atoms in total. The van der Waals surface area contributed by atoms with Crippen molar-refractivity contribution in [2.75, 3.05) is 0 Å². The Morgan fingerprint density at radius 2 is 1.72 bits per heavy atom. The summed E-state index contributed by atoms with van der Waals surface area (Å²) in [5.74, 6) is 0.364. The molecule has 0 radical (unpaired) electrons. The molecule has 1 aliphatic carbocycles. The van der Waals surface area contributed by atoms with Crippen molar-refractivity contribution in [1.29, 1.82) is 0 Å². The molecule has 0 saturated heterocycles. The fourth-order valence-electron chi connectivity index (χ4n) is 3.36. The van der Waals surface area contributed by atoms with E-state index in [2.05, 4.69) is 18.2 Å². The summed E-state index contributed by atoms with van der Waals surface area (Å²) in [4.78, 5) is 12.1. The molecular weight excluding hydrogens is 308 g/mol. The van der Waals surface area contributed by atoms with Crippen LogP contribution in [0.5, 0.6) is 0 Å². The number of hydrogen-bond donors (Lipinski definition) is 0. The van der Waals surface area contributed by atoms with Crippen LogP contribution >= 0.6 is 0 Å². The molecule has 2 heteroatoms. The number of fused-ring (bicyclic) bond motifs is 1. The van der Waals surface area contributed by atoms with Gasteiger partial charge in [0.15, 0.2) is 0 Å². The van der Waals surface area contributed by atoms with E-state index in [1.54, 1.807) is 6.08 Å². The van der Waals surface area contributed by atoms with Crippen LogP contribution in [0, 0.1) is 0 Å². The predicted molar refractivity (Wildman–Crippen MR) is 101 cm³/mol. The summed E-state index contributed by atoms with van der Waals surface area (Å²) >= 11 is 0. The highest BCUT2D eigenvalue weighted by Gasteiger charge is 2.22. The first-order chi connectivity index (χ1) is 12.3. The van der Waals surface area contributed by atoms with Crippen molar-refractivity contribution in [2.45, 2.75) is 25.7 Å². The summed E-state index contributed by atoms with van der Waals surface area (Å²) < 4.78 is 5.47. The maximum atomic E-state index is 12.1. The normalized spacial score (nSPS) is 18.3. The van der Waals surface area contributed by atoms with Crippen LogP contribution in [0.2, 0.25) is 0 Å². The van der Waals surface area contributed by atoms with E-state index in [1.807, 2.05) is 48.6 Å². The van der Waals surface area contributed by atoms with Crippen molar-refractivity contribution in [3.05, 3.63) is 94.6 Å². The largest absolute Gasteiger partial charge is 0.422 e. The van der Waals surface area contributed by atoms with Crippen molar-refractivity contribution in [3.63, 3.8) is 0 Å². The number of benzene rings is 2. The van der Waals surface area contributed by atoms with Crippen LogP contribution < -0.4 is 0 Å². The van der Waals surface area contributed by atoms with Crippen LogP contribution in [0.25, 0.3) is 11.8 Å². The maximum absolute atomic E-state index is 12.1. The number of aryl methyl sites for hydroxylation is 2. The Bertz CT molecular complexity index is 886. The maximum Gasteiger partial charge on any atom is 0.343 e. The molecule has 0 bridgehead atoms. The molecule has 0 fully saturated rings. The molecule has 1 heterocycles. The Balaban J connectivity index is 1.56. The fraction of sp³-hybridized carbons (Fsp3) is 0.174. The quantitative estimate of drug-likeness (QED) is 0.578. The summed E-state index contributed by atoms with van der Waals surface area (Å²) in [6, 6.07) is 16.4. The number of ether oxygens (including phenoxy) is 1. The molecule has 0 atom stereocenters. The Kier molecular flexibility index (Phi) is 4.34. The first-order valence-corrected chi connectivity index (χ1v) is 8.79. The molecule has 0 aromatic heterocycles. The van der Waals surface area contributed by atoms with Gasteiger partial charge >= 0.3 is 5.97 Å². The molecule has 0 amide bonds. The van der Waals surface area contributed by atoms with Crippen molar-refractivity contribution < 1.29 is 9.53 Å². The monoisotopic (exact) mass is 328 g/mol. The molecule has 124 valence electrons. The van der Waals surface area contributed by atoms with Crippen LogP contribution in [0.1, 0.15) is 35.1 Å². The molecule has 2 aromatic rings. The van der Waals surface area contributed by atoms with E-state index in [1.165, 1.54) is 24.0 Å². The number of rotatable bonds is 3. The number of hydrogen-bond acceptors (Lipinski definition) is 2. The van der Waals surface area contributed by atoms with Crippen LogP contribution in [0.3, 0.4) is 0 Å². The second-order valence-electron chi connectivity index (χ2n) is 6.48. The van der Waals surface area contributed by atoms with Gasteiger partial charge in [0.1, 0.15) is 5.76 Å². The van der Waals surface area contributed by atoms with E-state index in [0.717, 1.165) is 24.0 Å². The van der Waals surface area contributed by atoms with Gasteiger partial charge in [0.2, 0.25) is 0 Å². The van der Waals surface area contributed by atoms with E-state index in [-0.39, 0.29) is 5.97 Å². The Hall–Kier alpha value is -2.87. The van der Waals surface area contributed by atoms with Gasteiger partial charge in [-0.25, -0.2) is 4.79 Å². The van der Waals surface area contributed by atoms with Crippen LogP contribution in [0.15, 0.2) is 72.3 Å². The minimum Gasteiger partial charge on any atom is -0.422 e. The van der Waals surface area contributed by atoms with Crippen molar-refractivity contribution in [1.82, 2.24) is 0 Å². The molecule has 0 N–H and O–H groups in total. The summed E-state index contributed by atoms with van der Waals surface area (Å²) in [7, 11) is 0.